The molecule has 0 saturated carbocycles. The van der Waals surface area contributed by atoms with Crippen LogP contribution in [0.4, 0.5) is 0 Å². The van der Waals surface area contributed by atoms with Crippen molar-refractivity contribution in [2.75, 3.05) is 0 Å². The SMILES string of the molecule is C/C(=N\NC(=O)C(C)Oc1ccc(C#N)cc1)c1ccc(S(N)(=O)=O)cc1. The molecule has 3 N–H and O–H groups in total. The Morgan fingerprint density at radius 1 is 1.19 bits per heavy atom. The van der Waals surface area contributed by atoms with Crippen LogP contribution in [0.5, 0.6) is 5.75 Å². The summed E-state index contributed by atoms with van der Waals surface area (Å²) in [7, 11) is -3.76. The summed E-state index contributed by atoms with van der Waals surface area (Å²) in [5, 5.41) is 17.8. The van der Waals surface area contributed by atoms with Crippen molar-refractivity contribution in [1.82, 2.24) is 5.43 Å². The van der Waals surface area contributed by atoms with Gasteiger partial charge in [-0.2, -0.15) is 10.4 Å². The summed E-state index contributed by atoms with van der Waals surface area (Å²) in [6.45, 7) is 3.23. The van der Waals surface area contributed by atoms with Crippen molar-refractivity contribution in [3.05, 3.63) is 59.7 Å². The molecule has 9 heteroatoms. The first-order chi connectivity index (χ1) is 12.7. The number of carbonyl (C=O) groups is 1. The first-order valence-electron chi connectivity index (χ1n) is 7.85. The third-order valence-electron chi connectivity index (χ3n) is 3.60. The Morgan fingerprint density at radius 2 is 1.78 bits per heavy atom. The molecule has 0 aromatic heterocycles. The number of carbonyl (C=O) groups excluding carboxylic acids is 1. The number of rotatable bonds is 6. The number of hydrazone groups is 1. The largest absolute Gasteiger partial charge is 0.481 e. The number of hydrogen-bond donors (Lipinski definition) is 2. The fourth-order valence-corrected chi connectivity index (χ4v) is 2.56. The molecule has 0 aliphatic heterocycles. The molecule has 1 atom stereocenters. The van der Waals surface area contributed by atoms with E-state index < -0.39 is 22.0 Å². The number of sulfonamides is 1. The van der Waals surface area contributed by atoms with E-state index in [0.29, 0.717) is 22.6 Å². The second kappa shape index (κ2) is 8.44. The van der Waals surface area contributed by atoms with Crippen LogP contribution < -0.4 is 15.3 Å². The van der Waals surface area contributed by atoms with Gasteiger partial charge in [-0.15, -0.1) is 0 Å². The van der Waals surface area contributed by atoms with Crippen LogP contribution >= 0.6 is 0 Å². The maximum absolute atomic E-state index is 12.1. The predicted octanol–water partition coefficient (Wildman–Crippen LogP) is 1.51. The number of hydrogen-bond acceptors (Lipinski definition) is 6. The summed E-state index contributed by atoms with van der Waals surface area (Å²) < 4.78 is 28.0. The van der Waals surface area contributed by atoms with Crippen LogP contribution in [-0.4, -0.2) is 26.1 Å². The van der Waals surface area contributed by atoms with Gasteiger partial charge in [0.05, 0.1) is 22.2 Å². The third-order valence-corrected chi connectivity index (χ3v) is 4.53. The van der Waals surface area contributed by atoms with Crippen molar-refractivity contribution >= 4 is 21.6 Å². The Bertz CT molecular complexity index is 991. The minimum atomic E-state index is -3.76. The zero-order chi connectivity index (χ0) is 20.0. The zero-order valence-corrected chi connectivity index (χ0v) is 15.5. The fraction of sp³-hybridized carbons (Fsp3) is 0.167. The number of nitrogens with zero attached hydrogens (tertiary/aromatic N) is 2. The number of nitriles is 1. The molecule has 0 fully saturated rings. The number of ether oxygens (including phenoxy) is 1. The number of primary sulfonamides is 1. The summed E-state index contributed by atoms with van der Waals surface area (Å²) in [4.78, 5) is 12.1. The molecule has 0 saturated heterocycles. The maximum Gasteiger partial charge on any atom is 0.280 e. The van der Waals surface area contributed by atoms with E-state index in [1.807, 2.05) is 6.07 Å². The number of nitrogens with one attached hydrogen (secondary N) is 1. The van der Waals surface area contributed by atoms with E-state index in [0.717, 1.165) is 0 Å². The van der Waals surface area contributed by atoms with Crippen LogP contribution in [0.2, 0.25) is 0 Å². The highest BCUT2D eigenvalue weighted by Gasteiger charge is 2.14. The highest BCUT2D eigenvalue weighted by Crippen LogP contribution is 2.13. The Labute approximate surface area is 157 Å². The zero-order valence-electron chi connectivity index (χ0n) is 14.7. The molecule has 0 bridgehead atoms. The van der Waals surface area contributed by atoms with Gasteiger partial charge in [0.25, 0.3) is 5.91 Å². The van der Waals surface area contributed by atoms with Crippen LogP contribution in [0.15, 0.2) is 58.5 Å². The first-order valence-corrected chi connectivity index (χ1v) is 9.39. The van der Waals surface area contributed by atoms with Crippen LogP contribution in [0.25, 0.3) is 0 Å². The molecule has 0 spiro atoms. The predicted molar refractivity (Wildman–Crippen MR) is 99.4 cm³/mol. The molecule has 8 nitrogen and oxygen atoms in total. The van der Waals surface area contributed by atoms with Gasteiger partial charge in [0, 0.05) is 0 Å². The Kier molecular flexibility index (Phi) is 6.28. The number of nitrogens with two attached hydrogens (primary N) is 1. The lowest BCUT2D eigenvalue weighted by molar-refractivity contribution is -0.127. The van der Waals surface area contributed by atoms with Crippen LogP contribution in [0.3, 0.4) is 0 Å². The highest BCUT2D eigenvalue weighted by atomic mass is 32.2. The number of benzene rings is 2. The van der Waals surface area contributed by atoms with Crippen LogP contribution in [0, 0.1) is 11.3 Å². The molecule has 2 aromatic carbocycles. The molecule has 2 rings (SSSR count). The molecule has 2 aromatic rings. The Morgan fingerprint density at radius 3 is 2.30 bits per heavy atom. The van der Waals surface area contributed by atoms with Crippen molar-refractivity contribution in [2.45, 2.75) is 24.8 Å². The van der Waals surface area contributed by atoms with Gasteiger partial charge in [0.1, 0.15) is 5.75 Å². The highest BCUT2D eigenvalue weighted by molar-refractivity contribution is 7.89. The lowest BCUT2D eigenvalue weighted by Crippen LogP contribution is -2.33. The lowest BCUT2D eigenvalue weighted by Gasteiger charge is -2.13. The molecular formula is C18H18N4O4S. The second-order valence-electron chi connectivity index (χ2n) is 5.64. The average Bonchev–Trinajstić information content (AvgIpc) is 2.65. The maximum atomic E-state index is 12.1. The van der Waals surface area contributed by atoms with Gasteiger partial charge < -0.3 is 4.74 Å². The van der Waals surface area contributed by atoms with Crippen molar-refractivity contribution in [3.63, 3.8) is 0 Å². The summed E-state index contributed by atoms with van der Waals surface area (Å²) in [6, 6.07) is 14.2. The quantitative estimate of drug-likeness (QED) is 0.573. The summed E-state index contributed by atoms with van der Waals surface area (Å²) in [5.74, 6) is -0.00389. The van der Waals surface area contributed by atoms with E-state index in [9.17, 15) is 13.2 Å². The van der Waals surface area contributed by atoms with Gasteiger partial charge in [0.2, 0.25) is 10.0 Å². The molecule has 1 unspecified atom stereocenters. The molecule has 0 aliphatic carbocycles. The smallest absolute Gasteiger partial charge is 0.280 e. The minimum Gasteiger partial charge on any atom is -0.481 e. The Balaban J connectivity index is 1.98. The average molecular weight is 386 g/mol. The van der Waals surface area contributed by atoms with E-state index in [4.69, 9.17) is 15.1 Å². The standard InChI is InChI=1S/C18H18N4O4S/c1-12(15-5-9-17(10-6-15)27(20,24)25)21-22-18(23)13(2)26-16-7-3-14(11-19)4-8-16/h3-10,13H,1-2H3,(H,22,23)(H2,20,24,25)/b21-12+. The van der Waals surface area contributed by atoms with Crippen molar-refractivity contribution < 1.29 is 17.9 Å². The fourth-order valence-electron chi connectivity index (χ4n) is 2.05. The van der Waals surface area contributed by atoms with Crippen molar-refractivity contribution in [1.29, 1.82) is 5.26 Å². The topological polar surface area (TPSA) is 135 Å². The summed E-state index contributed by atoms with van der Waals surface area (Å²) in [5.41, 5.74) is 4.00. The molecule has 0 heterocycles. The third kappa shape index (κ3) is 5.64. The van der Waals surface area contributed by atoms with Crippen molar-refractivity contribution in [2.24, 2.45) is 10.2 Å². The normalized spacial score (nSPS) is 12.7. The molecule has 1 amide bonds. The minimum absolute atomic E-state index is 0.00692. The molecule has 140 valence electrons. The second-order valence-corrected chi connectivity index (χ2v) is 7.20. The van der Waals surface area contributed by atoms with Gasteiger partial charge in [-0.1, -0.05) is 12.1 Å². The van der Waals surface area contributed by atoms with E-state index in [2.05, 4.69) is 10.5 Å². The van der Waals surface area contributed by atoms with Crippen LogP contribution in [-0.2, 0) is 14.8 Å². The summed E-state index contributed by atoms with van der Waals surface area (Å²) in [6.07, 6.45) is -0.806. The number of amides is 1. The molecule has 0 radical (unpaired) electrons. The van der Waals surface area contributed by atoms with E-state index in [1.54, 1.807) is 50.2 Å². The van der Waals surface area contributed by atoms with Crippen LogP contribution in [0.1, 0.15) is 25.0 Å². The summed E-state index contributed by atoms with van der Waals surface area (Å²) >= 11 is 0. The van der Waals surface area contributed by atoms with E-state index >= 15 is 0 Å². The molecule has 0 aliphatic rings. The van der Waals surface area contributed by atoms with Gasteiger partial charge in [-0.05, 0) is 55.8 Å². The molecule has 27 heavy (non-hydrogen) atoms. The Hall–Kier alpha value is -3.22. The van der Waals surface area contributed by atoms with Gasteiger partial charge in [-0.3, -0.25) is 4.79 Å². The first kappa shape index (κ1) is 20.1. The van der Waals surface area contributed by atoms with Gasteiger partial charge >= 0.3 is 0 Å². The monoisotopic (exact) mass is 386 g/mol. The van der Waals surface area contributed by atoms with Crippen molar-refractivity contribution in [3.8, 4) is 11.8 Å². The van der Waals surface area contributed by atoms with Gasteiger partial charge in [-0.25, -0.2) is 19.0 Å². The van der Waals surface area contributed by atoms with E-state index in [1.165, 1.54) is 12.1 Å². The van der Waals surface area contributed by atoms with E-state index in [-0.39, 0.29) is 4.90 Å². The lowest BCUT2D eigenvalue weighted by atomic mass is 10.1. The molecular weight excluding hydrogens is 368 g/mol. The van der Waals surface area contributed by atoms with Gasteiger partial charge in [0.15, 0.2) is 6.10 Å².